The third kappa shape index (κ3) is 6.65. The van der Waals surface area contributed by atoms with E-state index in [0.717, 1.165) is 16.9 Å². The van der Waals surface area contributed by atoms with Crippen molar-refractivity contribution in [1.29, 1.82) is 0 Å². The van der Waals surface area contributed by atoms with Crippen LogP contribution >= 0.6 is 11.8 Å². The summed E-state index contributed by atoms with van der Waals surface area (Å²) in [5, 5.41) is 8.72. The van der Waals surface area contributed by atoms with E-state index >= 15 is 0 Å². The number of aryl methyl sites for hydroxylation is 1. The monoisotopic (exact) mass is 453 g/mol. The SMILES string of the molecule is CCCN(CCSc1ccc(OCC(=O)O)c(C)c1)S(=O)(=O)c1ccc(OC)cc1. The van der Waals surface area contributed by atoms with Crippen molar-refractivity contribution >= 4 is 27.8 Å². The second kappa shape index (κ2) is 11.2. The van der Waals surface area contributed by atoms with Gasteiger partial charge in [0.25, 0.3) is 0 Å². The van der Waals surface area contributed by atoms with Gasteiger partial charge in [0.15, 0.2) is 6.61 Å². The van der Waals surface area contributed by atoms with E-state index in [2.05, 4.69) is 0 Å². The number of ether oxygens (including phenoxy) is 2. The molecule has 0 unspecified atom stereocenters. The van der Waals surface area contributed by atoms with Crippen LogP contribution in [0.3, 0.4) is 0 Å². The third-order valence-electron chi connectivity index (χ3n) is 4.28. The van der Waals surface area contributed by atoms with Gasteiger partial charge in [0.1, 0.15) is 11.5 Å². The van der Waals surface area contributed by atoms with E-state index in [4.69, 9.17) is 14.6 Å². The van der Waals surface area contributed by atoms with Gasteiger partial charge in [0, 0.05) is 23.7 Å². The van der Waals surface area contributed by atoms with Crippen molar-refractivity contribution in [2.24, 2.45) is 0 Å². The number of carboxylic acid groups (broad SMARTS) is 1. The molecule has 0 aliphatic rings. The summed E-state index contributed by atoms with van der Waals surface area (Å²) in [5.74, 6) is 0.695. The van der Waals surface area contributed by atoms with Gasteiger partial charge in [-0.05, 0) is 61.4 Å². The van der Waals surface area contributed by atoms with Crippen LogP contribution in [0.4, 0.5) is 0 Å². The quantitative estimate of drug-likeness (QED) is 0.490. The minimum Gasteiger partial charge on any atom is -0.497 e. The molecular weight excluding hydrogens is 426 g/mol. The minimum absolute atomic E-state index is 0.248. The Kier molecular flexibility index (Phi) is 9.01. The van der Waals surface area contributed by atoms with Crippen LogP contribution in [-0.4, -0.2) is 56.4 Å². The summed E-state index contributed by atoms with van der Waals surface area (Å²) in [5.41, 5.74) is 0.831. The molecule has 1 N–H and O–H groups in total. The Hall–Kier alpha value is -2.23. The zero-order valence-electron chi connectivity index (χ0n) is 17.3. The van der Waals surface area contributed by atoms with Gasteiger partial charge in [-0.2, -0.15) is 4.31 Å². The predicted octanol–water partition coefficient (Wildman–Crippen LogP) is 3.66. The van der Waals surface area contributed by atoms with Crippen molar-refractivity contribution < 1.29 is 27.8 Å². The molecule has 9 heteroatoms. The summed E-state index contributed by atoms with van der Waals surface area (Å²) in [4.78, 5) is 11.8. The highest BCUT2D eigenvalue weighted by Crippen LogP contribution is 2.26. The topological polar surface area (TPSA) is 93.1 Å². The van der Waals surface area contributed by atoms with Crippen LogP contribution in [-0.2, 0) is 14.8 Å². The van der Waals surface area contributed by atoms with Gasteiger partial charge in [0.2, 0.25) is 10.0 Å². The summed E-state index contributed by atoms with van der Waals surface area (Å²) in [7, 11) is -2.05. The van der Waals surface area contributed by atoms with Crippen molar-refractivity contribution in [2.75, 3.05) is 32.6 Å². The second-order valence-corrected chi connectivity index (χ2v) is 9.64. The van der Waals surface area contributed by atoms with Crippen LogP contribution in [0.5, 0.6) is 11.5 Å². The summed E-state index contributed by atoms with van der Waals surface area (Å²) < 4.78 is 37.8. The zero-order chi connectivity index (χ0) is 22.1. The van der Waals surface area contributed by atoms with E-state index in [-0.39, 0.29) is 11.5 Å². The van der Waals surface area contributed by atoms with Crippen molar-refractivity contribution in [3.63, 3.8) is 0 Å². The number of carboxylic acids is 1. The molecule has 30 heavy (non-hydrogen) atoms. The van der Waals surface area contributed by atoms with Gasteiger partial charge >= 0.3 is 5.97 Å². The van der Waals surface area contributed by atoms with E-state index in [1.54, 1.807) is 42.1 Å². The van der Waals surface area contributed by atoms with E-state index in [9.17, 15) is 13.2 Å². The maximum Gasteiger partial charge on any atom is 0.341 e. The first-order chi connectivity index (χ1) is 14.3. The Balaban J connectivity index is 2.02. The largest absolute Gasteiger partial charge is 0.497 e. The highest BCUT2D eigenvalue weighted by molar-refractivity contribution is 7.99. The Morgan fingerprint density at radius 1 is 1.13 bits per heavy atom. The molecule has 0 saturated heterocycles. The number of rotatable bonds is 12. The first-order valence-corrected chi connectivity index (χ1v) is 11.9. The first-order valence-electron chi connectivity index (χ1n) is 9.50. The maximum absolute atomic E-state index is 13.0. The molecule has 164 valence electrons. The highest BCUT2D eigenvalue weighted by Gasteiger charge is 2.23. The number of hydrogen-bond acceptors (Lipinski definition) is 6. The smallest absolute Gasteiger partial charge is 0.341 e. The zero-order valence-corrected chi connectivity index (χ0v) is 19.0. The number of benzene rings is 2. The normalized spacial score (nSPS) is 11.5. The van der Waals surface area contributed by atoms with Gasteiger partial charge in [-0.25, -0.2) is 13.2 Å². The van der Waals surface area contributed by atoms with Crippen LogP contribution in [0.2, 0.25) is 0 Å². The molecule has 0 aliphatic heterocycles. The van der Waals surface area contributed by atoms with Crippen LogP contribution < -0.4 is 9.47 Å². The number of nitrogens with zero attached hydrogens (tertiary/aromatic N) is 1. The third-order valence-corrected chi connectivity index (χ3v) is 7.16. The van der Waals surface area contributed by atoms with E-state index in [1.807, 2.05) is 26.0 Å². The van der Waals surface area contributed by atoms with Gasteiger partial charge in [-0.3, -0.25) is 0 Å². The number of hydrogen-bond donors (Lipinski definition) is 1. The Morgan fingerprint density at radius 3 is 2.40 bits per heavy atom. The van der Waals surface area contributed by atoms with Crippen molar-refractivity contribution in [1.82, 2.24) is 4.31 Å². The number of methoxy groups -OCH3 is 1. The van der Waals surface area contributed by atoms with Gasteiger partial charge < -0.3 is 14.6 Å². The predicted molar refractivity (Wildman–Crippen MR) is 117 cm³/mol. The number of aliphatic carboxylic acids is 1. The lowest BCUT2D eigenvalue weighted by molar-refractivity contribution is -0.139. The van der Waals surface area contributed by atoms with E-state index in [1.165, 1.54) is 11.4 Å². The molecule has 0 amide bonds. The molecule has 0 aromatic heterocycles. The Labute approximate surface area is 182 Å². The molecule has 2 aromatic carbocycles. The molecule has 0 fully saturated rings. The van der Waals surface area contributed by atoms with Crippen molar-refractivity contribution in [2.45, 2.75) is 30.1 Å². The molecular formula is C21H27NO6S2. The van der Waals surface area contributed by atoms with Crippen molar-refractivity contribution in [3.05, 3.63) is 48.0 Å². The van der Waals surface area contributed by atoms with Crippen LogP contribution in [0.25, 0.3) is 0 Å². The van der Waals surface area contributed by atoms with Gasteiger partial charge in [-0.1, -0.05) is 6.92 Å². The Bertz CT molecular complexity index is 944. The highest BCUT2D eigenvalue weighted by atomic mass is 32.2. The number of sulfonamides is 1. The fraction of sp³-hybridized carbons (Fsp3) is 0.381. The fourth-order valence-corrected chi connectivity index (χ4v) is 5.40. The molecule has 0 heterocycles. The molecule has 2 aromatic rings. The molecule has 2 rings (SSSR count). The van der Waals surface area contributed by atoms with Crippen LogP contribution in [0.15, 0.2) is 52.3 Å². The first kappa shape index (κ1) is 24.0. The molecule has 0 saturated carbocycles. The summed E-state index contributed by atoms with van der Waals surface area (Å²) in [6.45, 7) is 4.23. The maximum atomic E-state index is 13.0. The number of carbonyl (C=O) groups is 1. The summed E-state index contributed by atoms with van der Waals surface area (Å²) in [6, 6.07) is 11.9. The molecule has 7 nitrogen and oxygen atoms in total. The lowest BCUT2D eigenvalue weighted by atomic mass is 10.2. The number of thioether (sulfide) groups is 1. The minimum atomic E-state index is -3.58. The van der Waals surface area contributed by atoms with Crippen LogP contribution in [0, 0.1) is 6.92 Å². The fourth-order valence-electron chi connectivity index (χ4n) is 2.78. The average molecular weight is 454 g/mol. The summed E-state index contributed by atoms with van der Waals surface area (Å²) >= 11 is 1.54. The van der Waals surface area contributed by atoms with E-state index < -0.39 is 16.0 Å². The van der Waals surface area contributed by atoms with Crippen LogP contribution in [0.1, 0.15) is 18.9 Å². The summed E-state index contributed by atoms with van der Waals surface area (Å²) in [6.07, 6.45) is 0.717. The molecule has 0 spiro atoms. The molecule has 0 radical (unpaired) electrons. The molecule has 0 bridgehead atoms. The van der Waals surface area contributed by atoms with E-state index in [0.29, 0.717) is 30.3 Å². The lowest BCUT2D eigenvalue weighted by Crippen LogP contribution is -2.33. The second-order valence-electron chi connectivity index (χ2n) is 6.54. The van der Waals surface area contributed by atoms with Gasteiger partial charge in [0.05, 0.1) is 12.0 Å². The average Bonchev–Trinajstić information content (AvgIpc) is 2.72. The Morgan fingerprint density at radius 2 is 1.83 bits per heavy atom. The van der Waals surface area contributed by atoms with Crippen molar-refractivity contribution in [3.8, 4) is 11.5 Å². The lowest BCUT2D eigenvalue weighted by Gasteiger charge is -2.21. The van der Waals surface area contributed by atoms with Gasteiger partial charge in [-0.15, -0.1) is 11.8 Å². The molecule has 0 aliphatic carbocycles. The molecule has 0 atom stereocenters. The standard InChI is InChI=1S/C21H27NO6S2/c1-4-11-22(30(25,26)19-8-5-17(27-3)6-9-19)12-13-29-18-7-10-20(16(2)14-18)28-15-21(23)24/h5-10,14H,4,11-13,15H2,1-3H3,(H,23,24).